The monoisotopic (exact) mass is 397 g/mol. The van der Waals surface area contributed by atoms with Crippen molar-refractivity contribution >= 4 is 34.7 Å². The SMILES string of the molecule is CC(C)(C)OC(=O)N[C@@](CI)(C(=O)O)C1CCCCC1. The molecule has 1 aliphatic carbocycles. The molecule has 0 unspecified atom stereocenters. The van der Waals surface area contributed by atoms with Gasteiger partial charge in [-0.2, -0.15) is 0 Å². The van der Waals surface area contributed by atoms with Gasteiger partial charge in [0.05, 0.1) is 0 Å². The summed E-state index contributed by atoms with van der Waals surface area (Å²) < 4.78 is 5.56. The van der Waals surface area contributed by atoms with Crippen molar-refractivity contribution in [3.05, 3.63) is 0 Å². The second-order valence-electron chi connectivity index (χ2n) is 6.37. The van der Waals surface area contributed by atoms with Gasteiger partial charge in [0.15, 0.2) is 5.54 Å². The largest absolute Gasteiger partial charge is 0.479 e. The van der Waals surface area contributed by atoms with Crippen molar-refractivity contribution in [3.63, 3.8) is 0 Å². The Morgan fingerprint density at radius 2 is 1.80 bits per heavy atom. The maximum Gasteiger partial charge on any atom is 0.408 e. The number of nitrogens with one attached hydrogen (secondary N) is 1. The van der Waals surface area contributed by atoms with E-state index in [0.29, 0.717) is 4.43 Å². The van der Waals surface area contributed by atoms with Crippen LogP contribution in [0, 0.1) is 5.92 Å². The molecule has 0 heterocycles. The molecule has 116 valence electrons. The second kappa shape index (κ2) is 6.95. The number of rotatable bonds is 4. The molecule has 1 aliphatic rings. The zero-order valence-corrected chi connectivity index (χ0v) is 14.5. The molecule has 1 saturated carbocycles. The highest BCUT2D eigenvalue weighted by molar-refractivity contribution is 14.1. The fourth-order valence-electron chi connectivity index (χ4n) is 2.61. The molecule has 1 amide bonds. The van der Waals surface area contributed by atoms with Crippen molar-refractivity contribution in [2.75, 3.05) is 4.43 Å². The number of carbonyl (C=O) groups excluding carboxylic acids is 1. The normalized spacial score (nSPS) is 20.0. The highest BCUT2D eigenvalue weighted by Gasteiger charge is 2.47. The number of alkyl carbamates (subject to hydrolysis) is 1. The Labute approximate surface area is 134 Å². The van der Waals surface area contributed by atoms with E-state index in [1.54, 1.807) is 20.8 Å². The number of carboxylic acids is 1. The Hall–Kier alpha value is -0.530. The summed E-state index contributed by atoms with van der Waals surface area (Å²) >= 11 is 2.04. The summed E-state index contributed by atoms with van der Waals surface area (Å²) in [5.74, 6) is -0.997. The van der Waals surface area contributed by atoms with E-state index < -0.39 is 23.2 Å². The quantitative estimate of drug-likeness (QED) is 0.564. The number of hydrogen-bond acceptors (Lipinski definition) is 3. The molecule has 0 aromatic carbocycles. The van der Waals surface area contributed by atoms with Crippen LogP contribution in [-0.4, -0.2) is 32.7 Å². The third-order valence-electron chi connectivity index (χ3n) is 3.62. The van der Waals surface area contributed by atoms with Crippen LogP contribution in [0.4, 0.5) is 4.79 Å². The molecular formula is C14H24INO4. The first-order valence-corrected chi connectivity index (χ1v) is 8.54. The van der Waals surface area contributed by atoms with Gasteiger partial charge in [-0.1, -0.05) is 41.9 Å². The van der Waals surface area contributed by atoms with E-state index in [-0.39, 0.29) is 5.92 Å². The summed E-state index contributed by atoms with van der Waals surface area (Å²) in [5, 5.41) is 12.3. The van der Waals surface area contributed by atoms with Gasteiger partial charge in [-0.05, 0) is 39.5 Å². The topological polar surface area (TPSA) is 75.6 Å². The lowest BCUT2D eigenvalue weighted by atomic mass is 9.75. The van der Waals surface area contributed by atoms with E-state index in [1.807, 2.05) is 22.6 Å². The molecule has 5 nitrogen and oxygen atoms in total. The third-order valence-corrected chi connectivity index (χ3v) is 4.82. The fraction of sp³-hybridized carbons (Fsp3) is 0.857. The standard InChI is InChI=1S/C14H24INO4/c1-13(2,3)20-12(19)16-14(9-15,11(17)18)10-7-5-4-6-8-10/h10H,4-9H2,1-3H3,(H,16,19)(H,17,18)/t14-/m1/s1. The molecule has 0 aromatic rings. The fourth-order valence-corrected chi connectivity index (χ4v) is 3.75. The van der Waals surface area contributed by atoms with Gasteiger partial charge >= 0.3 is 12.1 Å². The number of ether oxygens (including phenoxy) is 1. The summed E-state index contributed by atoms with van der Waals surface area (Å²) in [7, 11) is 0. The van der Waals surface area contributed by atoms with E-state index in [4.69, 9.17) is 4.74 Å². The molecule has 1 fully saturated rings. The molecule has 6 heteroatoms. The molecule has 1 rings (SSSR count). The Balaban J connectivity index is 2.88. The minimum Gasteiger partial charge on any atom is -0.479 e. The zero-order chi connectivity index (χ0) is 15.4. The number of halogens is 1. The van der Waals surface area contributed by atoms with Gasteiger partial charge in [0.1, 0.15) is 5.60 Å². The molecule has 0 aromatic heterocycles. The molecule has 1 atom stereocenters. The van der Waals surface area contributed by atoms with Gasteiger partial charge in [-0.15, -0.1) is 0 Å². The van der Waals surface area contributed by atoms with Crippen LogP contribution in [0.3, 0.4) is 0 Å². The van der Waals surface area contributed by atoms with E-state index >= 15 is 0 Å². The molecule has 0 aliphatic heterocycles. The van der Waals surface area contributed by atoms with Crippen LogP contribution < -0.4 is 5.32 Å². The summed E-state index contributed by atoms with van der Waals surface area (Å²) in [4.78, 5) is 23.8. The van der Waals surface area contributed by atoms with E-state index in [9.17, 15) is 14.7 Å². The van der Waals surface area contributed by atoms with Crippen molar-refractivity contribution < 1.29 is 19.4 Å². The Morgan fingerprint density at radius 1 is 1.25 bits per heavy atom. The molecule has 0 bridgehead atoms. The lowest BCUT2D eigenvalue weighted by Crippen LogP contribution is -2.61. The van der Waals surface area contributed by atoms with Gasteiger partial charge in [0.25, 0.3) is 0 Å². The Bertz CT molecular complexity index is 361. The van der Waals surface area contributed by atoms with Crippen molar-refractivity contribution in [3.8, 4) is 0 Å². The number of carboxylic acid groups (broad SMARTS) is 1. The van der Waals surface area contributed by atoms with Crippen molar-refractivity contribution in [1.82, 2.24) is 5.32 Å². The summed E-state index contributed by atoms with van der Waals surface area (Å²) in [5.41, 5.74) is -1.85. The van der Waals surface area contributed by atoms with Crippen LogP contribution in [-0.2, 0) is 9.53 Å². The van der Waals surface area contributed by atoms with Crippen molar-refractivity contribution in [2.45, 2.75) is 64.0 Å². The summed E-state index contributed by atoms with van der Waals surface area (Å²) in [6.45, 7) is 5.29. The average molecular weight is 397 g/mol. The molecule has 0 spiro atoms. The first-order chi connectivity index (χ1) is 9.21. The van der Waals surface area contributed by atoms with Crippen LogP contribution in [0.2, 0.25) is 0 Å². The predicted molar refractivity (Wildman–Crippen MR) is 85.2 cm³/mol. The summed E-state index contributed by atoms with van der Waals surface area (Å²) in [6.07, 6.45) is 4.21. The van der Waals surface area contributed by atoms with Crippen LogP contribution in [0.5, 0.6) is 0 Å². The van der Waals surface area contributed by atoms with Crippen LogP contribution in [0.1, 0.15) is 52.9 Å². The molecule has 0 radical (unpaired) electrons. The first kappa shape index (κ1) is 17.5. The van der Waals surface area contributed by atoms with Crippen LogP contribution >= 0.6 is 22.6 Å². The highest BCUT2D eigenvalue weighted by atomic mass is 127. The second-order valence-corrected chi connectivity index (χ2v) is 7.13. The Kier molecular flexibility index (Phi) is 6.09. The number of alkyl halides is 1. The van der Waals surface area contributed by atoms with E-state index in [2.05, 4.69) is 5.32 Å². The van der Waals surface area contributed by atoms with Gasteiger partial charge in [0, 0.05) is 4.43 Å². The van der Waals surface area contributed by atoms with Gasteiger partial charge in [-0.3, -0.25) is 0 Å². The molecule has 0 saturated heterocycles. The van der Waals surface area contributed by atoms with Crippen LogP contribution in [0.25, 0.3) is 0 Å². The van der Waals surface area contributed by atoms with Gasteiger partial charge in [0.2, 0.25) is 0 Å². The average Bonchev–Trinajstić information content (AvgIpc) is 2.34. The molecule has 20 heavy (non-hydrogen) atoms. The van der Waals surface area contributed by atoms with E-state index in [1.165, 1.54) is 0 Å². The smallest absolute Gasteiger partial charge is 0.408 e. The Morgan fingerprint density at radius 3 is 2.20 bits per heavy atom. The minimum absolute atomic E-state index is 0.0295. The van der Waals surface area contributed by atoms with Crippen molar-refractivity contribution in [1.29, 1.82) is 0 Å². The number of hydrogen-bond donors (Lipinski definition) is 2. The predicted octanol–water partition coefficient (Wildman–Crippen LogP) is 3.35. The van der Waals surface area contributed by atoms with Crippen LogP contribution in [0.15, 0.2) is 0 Å². The van der Waals surface area contributed by atoms with Gasteiger partial charge < -0.3 is 15.2 Å². The highest BCUT2D eigenvalue weighted by Crippen LogP contribution is 2.34. The number of amides is 1. The van der Waals surface area contributed by atoms with Crippen molar-refractivity contribution in [2.24, 2.45) is 5.92 Å². The zero-order valence-electron chi connectivity index (χ0n) is 12.4. The summed E-state index contributed by atoms with van der Waals surface area (Å²) in [6, 6.07) is 0. The number of carbonyl (C=O) groups is 2. The third kappa shape index (κ3) is 4.49. The first-order valence-electron chi connectivity index (χ1n) is 7.02. The lowest BCUT2D eigenvalue weighted by molar-refractivity contribution is -0.146. The maximum absolute atomic E-state index is 12.0. The molecular weight excluding hydrogens is 373 g/mol. The lowest BCUT2D eigenvalue weighted by Gasteiger charge is -2.38. The minimum atomic E-state index is -1.22. The maximum atomic E-state index is 12.0. The van der Waals surface area contributed by atoms with E-state index in [0.717, 1.165) is 32.1 Å². The van der Waals surface area contributed by atoms with Gasteiger partial charge in [-0.25, -0.2) is 9.59 Å². The number of aliphatic carboxylic acids is 1. The molecule has 2 N–H and O–H groups in total.